The summed E-state index contributed by atoms with van der Waals surface area (Å²) in [5, 5.41) is 6.66. The number of nitrogens with one attached hydrogen (secondary N) is 2. The van der Waals surface area contributed by atoms with Gasteiger partial charge in [-0.25, -0.2) is 0 Å². The summed E-state index contributed by atoms with van der Waals surface area (Å²) in [5.41, 5.74) is 2.07. The van der Waals surface area contributed by atoms with Crippen LogP contribution in [-0.2, 0) is 4.79 Å². The molecule has 0 spiro atoms. The van der Waals surface area contributed by atoms with Crippen LogP contribution in [-0.4, -0.2) is 36.0 Å². The number of hydrogen-bond donors (Lipinski definition) is 2. The van der Waals surface area contributed by atoms with Gasteiger partial charge in [0.2, 0.25) is 5.91 Å². The highest BCUT2D eigenvalue weighted by atomic mass is 16.2. The Hall–Kier alpha value is -1.71. The fourth-order valence-electron chi connectivity index (χ4n) is 2.43. The van der Waals surface area contributed by atoms with Crippen LogP contribution in [0.3, 0.4) is 0 Å². The Morgan fingerprint density at radius 1 is 1.37 bits per heavy atom. The van der Waals surface area contributed by atoms with E-state index >= 15 is 0 Å². The summed E-state index contributed by atoms with van der Waals surface area (Å²) >= 11 is 0. The predicted octanol–water partition coefficient (Wildman–Crippen LogP) is 2.54. The van der Waals surface area contributed by atoms with Gasteiger partial charge < -0.3 is 15.5 Å². The van der Waals surface area contributed by atoms with Crippen LogP contribution in [0.2, 0.25) is 0 Å². The third kappa shape index (κ3) is 3.00. The molecule has 104 valence electrons. The van der Waals surface area contributed by atoms with Gasteiger partial charge in [-0.15, -0.1) is 0 Å². The van der Waals surface area contributed by atoms with Crippen LogP contribution in [0.1, 0.15) is 27.2 Å². The van der Waals surface area contributed by atoms with Crippen molar-refractivity contribution in [2.75, 3.05) is 23.7 Å². The van der Waals surface area contributed by atoms with Crippen molar-refractivity contribution >= 4 is 17.3 Å². The number of carbonyl (C=O) groups excluding carboxylic acids is 1. The Morgan fingerprint density at radius 3 is 2.68 bits per heavy atom. The normalized spacial score (nSPS) is 17.4. The maximum Gasteiger partial charge on any atom is 0.247 e. The standard InChI is InChI=1S/C15H23N3O/c1-4-9-18(11(2)3)15(19)14-10-16-12-7-5-6-8-13(12)17-14/h5-8,11,14,16-17H,4,9-10H2,1-3H3. The Bertz CT molecular complexity index is 445. The second kappa shape index (κ2) is 5.95. The van der Waals surface area contributed by atoms with Crippen LogP contribution in [0.25, 0.3) is 0 Å². The van der Waals surface area contributed by atoms with Crippen LogP contribution in [0.5, 0.6) is 0 Å². The van der Waals surface area contributed by atoms with Crippen LogP contribution >= 0.6 is 0 Å². The van der Waals surface area contributed by atoms with Crippen LogP contribution in [0.15, 0.2) is 24.3 Å². The molecule has 0 fully saturated rings. The third-order valence-corrected chi connectivity index (χ3v) is 3.42. The molecule has 0 bridgehead atoms. The molecule has 1 unspecified atom stereocenters. The topological polar surface area (TPSA) is 44.4 Å². The van der Waals surface area contributed by atoms with Crippen LogP contribution < -0.4 is 10.6 Å². The summed E-state index contributed by atoms with van der Waals surface area (Å²) in [5.74, 6) is 0.179. The molecule has 1 aliphatic rings. The van der Waals surface area contributed by atoms with Crippen molar-refractivity contribution in [2.24, 2.45) is 0 Å². The highest BCUT2D eigenvalue weighted by Gasteiger charge is 2.28. The quantitative estimate of drug-likeness (QED) is 0.875. The number of fused-ring (bicyclic) bond motifs is 1. The number of benzene rings is 1. The van der Waals surface area contributed by atoms with Crippen molar-refractivity contribution in [3.8, 4) is 0 Å². The number of amides is 1. The average Bonchev–Trinajstić information content (AvgIpc) is 2.43. The smallest absolute Gasteiger partial charge is 0.247 e. The third-order valence-electron chi connectivity index (χ3n) is 3.42. The van der Waals surface area contributed by atoms with Crippen LogP contribution in [0.4, 0.5) is 11.4 Å². The predicted molar refractivity (Wildman–Crippen MR) is 79.5 cm³/mol. The molecule has 2 rings (SSSR count). The van der Waals surface area contributed by atoms with E-state index in [1.165, 1.54) is 0 Å². The molecule has 0 saturated carbocycles. The van der Waals surface area contributed by atoms with E-state index < -0.39 is 0 Å². The molecule has 1 aromatic carbocycles. The van der Waals surface area contributed by atoms with E-state index in [9.17, 15) is 4.79 Å². The minimum Gasteiger partial charge on any atom is -0.381 e. The minimum atomic E-state index is -0.177. The van der Waals surface area contributed by atoms with Gasteiger partial charge in [-0.3, -0.25) is 4.79 Å². The van der Waals surface area contributed by atoms with E-state index in [2.05, 4.69) is 31.4 Å². The zero-order chi connectivity index (χ0) is 13.8. The summed E-state index contributed by atoms with van der Waals surface area (Å²) in [4.78, 5) is 14.5. The van der Waals surface area contributed by atoms with Crippen LogP contribution in [0, 0.1) is 0 Å². The second-order valence-electron chi connectivity index (χ2n) is 5.25. The molecule has 0 aromatic heterocycles. The highest BCUT2D eigenvalue weighted by Crippen LogP contribution is 2.25. The fraction of sp³-hybridized carbons (Fsp3) is 0.533. The van der Waals surface area contributed by atoms with Gasteiger partial charge in [0.15, 0.2) is 0 Å². The first-order valence-electron chi connectivity index (χ1n) is 7.03. The first-order valence-corrected chi connectivity index (χ1v) is 7.03. The number of anilines is 2. The maximum absolute atomic E-state index is 12.6. The number of nitrogens with zero attached hydrogens (tertiary/aromatic N) is 1. The van der Waals surface area contributed by atoms with Gasteiger partial charge in [-0.1, -0.05) is 19.1 Å². The van der Waals surface area contributed by atoms with E-state index in [0.717, 1.165) is 24.3 Å². The number of hydrogen-bond acceptors (Lipinski definition) is 3. The Morgan fingerprint density at radius 2 is 2.05 bits per heavy atom. The van der Waals surface area contributed by atoms with Gasteiger partial charge in [0.25, 0.3) is 0 Å². The molecule has 1 aliphatic heterocycles. The summed E-state index contributed by atoms with van der Waals surface area (Å²) in [7, 11) is 0. The van der Waals surface area contributed by atoms with Crippen molar-refractivity contribution in [3.05, 3.63) is 24.3 Å². The van der Waals surface area contributed by atoms with Gasteiger partial charge in [0.05, 0.1) is 11.4 Å². The van der Waals surface area contributed by atoms with Crippen molar-refractivity contribution in [2.45, 2.75) is 39.3 Å². The van der Waals surface area contributed by atoms with E-state index in [1.54, 1.807) is 0 Å². The zero-order valence-corrected chi connectivity index (χ0v) is 11.9. The Labute approximate surface area is 115 Å². The summed E-state index contributed by atoms with van der Waals surface area (Å²) in [6.45, 7) is 7.69. The summed E-state index contributed by atoms with van der Waals surface area (Å²) < 4.78 is 0. The largest absolute Gasteiger partial charge is 0.381 e. The minimum absolute atomic E-state index is 0.177. The van der Waals surface area contributed by atoms with Crippen molar-refractivity contribution in [1.29, 1.82) is 0 Å². The number of rotatable bonds is 4. The van der Waals surface area contributed by atoms with Gasteiger partial charge >= 0.3 is 0 Å². The second-order valence-corrected chi connectivity index (χ2v) is 5.25. The summed E-state index contributed by atoms with van der Waals surface area (Å²) in [6.07, 6.45) is 0.987. The van der Waals surface area contributed by atoms with E-state index in [0.29, 0.717) is 6.54 Å². The molecule has 4 heteroatoms. The molecule has 1 amide bonds. The van der Waals surface area contributed by atoms with E-state index in [4.69, 9.17) is 0 Å². The number of carbonyl (C=O) groups is 1. The molecular weight excluding hydrogens is 238 g/mol. The lowest BCUT2D eigenvalue weighted by atomic mass is 10.1. The first kappa shape index (κ1) is 13.7. The van der Waals surface area contributed by atoms with Crippen molar-refractivity contribution in [3.63, 3.8) is 0 Å². The van der Waals surface area contributed by atoms with Crippen molar-refractivity contribution < 1.29 is 4.79 Å². The monoisotopic (exact) mass is 261 g/mol. The fourth-order valence-corrected chi connectivity index (χ4v) is 2.43. The molecule has 1 atom stereocenters. The van der Waals surface area contributed by atoms with Gasteiger partial charge in [0.1, 0.15) is 6.04 Å². The lowest BCUT2D eigenvalue weighted by Gasteiger charge is -2.34. The zero-order valence-electron chi connectivity index (χ0n) is 11.9. The first-order chi connectivity index (χ1) is 9.13. The van der Waals surface area contributed by atoms with E-state index in [1.807, 2.05) is 29.2 Å². The Balaban J connectivity index is 2.09. The molecule has 1 aromatic rings. The van der Waals surface area contributed by atoms with E-state index in [-0.39, 0.29) is 18.0 Å². The maximum atomic E-state index is 12.6. The average molecular weight is 261 g/mol. The van der Waals surface area contributed by atoms with Gasteiger partial charge in [-0.05, 0) is 32.4 Å². The SMILES string of the molecule is CCCN(C(=O)C1CNc2ccccc2N1)C(C)C. The molecule has 1 heterocycles. The lowest BCUT2D eigenvalue weighted by molar-refractivity contribution is -0.133. The van der Waals surface area contributed by atoms with Gasteiger partial charge in [-0.2, -0.15) is 0 Å². The molecule has 0 aliphatic carbocycles. The highest BCUT2D eigenvalue weighted by molar-refractivity contribution is 5.88. The number of para-hydroxylation sites is 2. The molecule has 0 radical (unpaired) electrons. The van der Waals surface area contributed by atoms with Gasteiger partial charge in [0, 0.05) is 19.1 Å². The molecule has 2 N–H and O–H groups in total. The molecular formula is C15H23N3O. The Kier molecular flexibility index (Phi) is 4.30. The molecule has 19 heavy (non-hydrogen) atoms. The lowest BCUT2D eigenvalue weighted by Crippen LogP contribution is -2.50. The molecule has 4 nitrogen and oxygen atoms in total. The summed E-state index contributed by atoms with van der Waals surface area (Å²) in [6, 6.07) is 8.06. The van der Waals surface area contributed by atoms with Crippen molar-refractivity contribution in [1.82, 2.24) is 4.90 Å². The molecule has 0 saturated heterocycles.